The first-order valence-corrected chi connectivity index (χ1v) is 8.97. The van der Waals surface area contributed by atoms with E-state index in [0.29, 0.717) is 43.2 Å². The maximum absolute atomic E-state index is 13.1. The summed E-state index contributed by atoms with van der Waals surface area (Å²) in [5.74, 6) is 0.640. The van der Waals surface area contributed by atoms with Crippen LogP contribution in [0.1, 0.15) is 22.0 Å². The molecule has 28 heavy (non-hydrogen) atoms. The van der Waals surface area contributed by atoms with Crippen molar-refractivity contribution >= 4 is 5.91 Å². The summed E-state index contributed by atoms with van der Waals surface area (Å²) in [4.78, 5) is 16.7. The molecule has 2 aromatic rings. The quantitative estimate of drug-likeness (QED) is 0.794. The monoisotopic (exact) mass is 383 g/mol. The molecular weight excluding hydrogens is 361 g/mol. The fourth-order valence-corrected chi connectivity index (χ4v) is 3.34. The third-order valence-electron chi connectivity index (χ3n) is 4.91. The van der Waals surface area contributed by atoms with Gasteiger partial charge in [0.1, 0.15) is 23.4 Å². The summed E-state index contributed by atoms with van der Waals surface area (Å²) in [5.41, 5.74) is 1.23. The number of methoxy groups -OCH3 is 2. The van der Waals surface area contributed by atoms with Gasteiger partial charge in [0, 0.05) is 32.2 Å². The molecule has 0 spiro atoms. The minimum atomic E-state index is -0.464. The first-order chi connectivity index (χ1) is 13.6. The molecule has 0 N–H and O–H groups in total. The highest BCUT2D eigenvalue weighted by atomic mass is 19.1. The average Bonchev–Trinajstić information content (AvgIpc) is 2.75. The van der Waals surface area contributed by atoms with E-state index in [-0.39, 0.29) is 11.7 Å². The summed E-state index contributed by atoms with van der Waals surface area (Å²) in [7, 11) is 3.08. The molecule has 0 saturated carbocycles. The van der Waals surface area contributed by atoms with E-state index in [0.717, 1.165) is 5.56 Å². The minimum absolute atomic E-state index is 0.116. The van der Waals surface area contributed by atoms with Crippen LogP contribution in [0.5, 0.6) is 11.5 Å². The van der Waals surface area contributed by atoms with Crippen molar-refractivity contribution in [3.8, 4) is 17.6 Å². The molecule has 1 atom stereocenters. The van der Waals surface area contributed by atoms with E-state index >= 15 is 0 Å². The van der Waals surface area contributed by atoms with Gasteiger partial charge in [0.2, 0.25) is 0 Å². The number of hydrogen-bond acceptors (Lipinski definition) is 5. The Morgan fingerprint density at radius 3 is 2.32 bits per heavy atom. The minimum Gasteiger partial charge on any atom is -0.497 e. The van der Waals surface area contributed by atoms with Crippen molar-refractivity contribution in [3.63, 3.8) is 0 Å². The Morgan fingerprint density at radius 2 is 1.75 bits per heavy atom. The summed E-state index contributed by atoms with van der Waals surface area (Å²) in [6, 6.07) is 12.9. The maximum atomic E-state index is 13.1. The van der Waals surface area contributed by atoms with Gasteiger partial charge in [-0.2, -0.15) is 5.26 Å². The lowest BCUT2D eigenvalue weighted by molar-refractivity contribution is 0.0603. The molecule has 7 heteroatoms. The van der Waals surface area contributed by atoms with Crippen LogP contribution >= 0.6 is 0 Å². The Balaban J connectivity index is 1.68. The van der Waals surface area contributed by atoms with Crippen molar-refractivity contribution in [1.29, 1.82) is 5.26 Å². The van der Waals surface area contributed by atoms with Crippen LogP contribution in [0.4, 0.5) is 4.39 Å². The van der Waals surface area contributed by atoms with Crippen molar-refractivity contribution in [2.45, 2.75) is 6.04 Å². The topological polar surface area (TPSA) is 65.8 Å². The van der Waals surface area contributed by atoms with Crippen molar-refractivity contribution in [3.05, 3.63) is 59.4 Å². The highest BCUT2D eigenvalue weighted by molar-refractivity contribution is 5.97. The molecule has 6 nitrogen and oxygen atoms in total. The number of nitrogens with zero attached hydrogens (tertiary/aromatic N) is 3. The molecule has 0 radical (unpaired) electrons. The number of halogens is 1. The van der Waals surface area contributed by atoms with Crippen LogP contribution in [0.3, 0.4) is 0 Å². The zero-order chi connectivity index (χ0) is 20.1. The molecule has 0 aliphatic carbocycles. The fourth-order valence-electron chi connectivity index (χ4n) is 3.34. The van der Waals surface area contributed by atoms with Crippen LogP contribution in [-0.4, -0.2) is 56.1 Å². The lowest BCUT2D eigenvalue weighted by Gasteiger charge is -2.37. The van der Waals surface area contributed by atoms with E-state index < -0.39 is 6.04 Å². The Kier molecular flexibility index (Phi) is 6.12. The van der Waals surface area contributed by atoms with E-state index in [2.05, 4.69) is 6.07 Å². The molecule has 1 unspecified atom stereocenters. The van der Waals surface area contributed by atoms with Gasteiger partial charge in [-0.25, -0.2) is 4.39 Å². The van der Waals surface area contributed by atoms with Crippen LogP contribution in [0.15, 0.2) is 42.5 Å². The molecule has 1 aliphatic rings. The van der Waals surface area contributed by atoms with Gasteiger partial charge in [-0.1, -0.05) is 12.1 Å². The first-order valence-electron chi connectivity index (χ1n) is 8.97. The molecule has 1 aliphatic heterocycles. The Morgan fingerprint density at radius 1 is 1.07 bits per heavy atom. The molecule has 1 saturated heterocycles. The largest absolute Gasteiger partial charge is 0.497 e. The third kappa shape index (κ3) is 4.07. The van der Waals surface area contributed by atoms with Crippen LogP contribution in [0, 0.1) is 17.1 Å². The number of ether oxygens (including phenoxy) is 2. The van der Waals surface area contributed by atoms with Crippen LogP contribution in [0.2, 0.25) is 0 Å². The number of benzene rings is 2. The van der Waals surface area contributed by atoms with Gasteiger partial charge in [0.15, 0.2) is 0 Å². The van der Waals surface area contributed by atoms with E-state index in [1.807, 2.05) is 4.90 Å². The zero-order valence-electron chi connectivity index (χ0n) is 15.9. The molecule has 1 fully saturated rings. The molecule has 3 rings (SSSR count). The molecule has 146 valence electrons. The predicted octanol–water partition coefficient (Wildman–Crippen LogP) is 2.87. The number of hydrogen-bond donors (Lipinski definition) is 0. The zero-order valence-corrected chi connectivity index (χ0v) is 15.9. The number of carbonyl (C=O) groups is 1. The molecule has 0 bridgehead atoms. The molecule has 2 aromatic carbocycles. The average molecular weight is 383 g/mol. The summed E-state index contributed by atoms with van der Waals surface area (Å²) < 4.78 is 23.7. The second kappa shape index (κ2) is 8.72. The Labute approximate surface area is 163 Å². The second-order valence-electron chi connectivity index (χ2n) is 6.48. The standard InChI is InChI=1S/C21H22FN3O3/c1-27-17-7-8-18(20(13-17)28-2)21(26)25-11-9-24(10-12-25)19(14-23)15-3-5-16(22)6-4-15/h3-8,13,19H,9-12H2,1-2H3. The van der Waals surface area contributed by atoms with Gasteiger partial charge >= 0.3 is 0 Å². The number of amides is 1. The lowest BCUT2D eigenvalue weighted by atomic mass is 10.1. The Bertz CT molecular complexity index is 871. The molecule has 0 aromatic heterocycles. The summed E-state index contributed by atoms with van der Waals surface area (Å²) >= 11 is 0. The second-order valence-corrected chi connectivity index (χ2v) is 6.48. The molecular formula is C21H22FN3O3. The number of rotatable bonds is 5. The maximum Gasteiger partial charge on any atom is 0.257 e. The van der Waals surface area contributed by atoms with E-state index in [9.17, 15) is 14.4 Å². The van der Waals surface area contributed by atoms with Crippen molar-refractivity contribution in [2.75, 3.05) is 40.4 Å². The van der Waals surface area contributed by atoms with Gasteiger partial charge in [-0.05, 0) is 29.8 Å². The number of piperazine rings is 1. The normalized spacial score (nSPS) is 15.6. The van der Waals surface area contributed by atoms with Crippen LogP contribution in [0.25, 0.3) is 0 Å². The van der Waals surface area contributed by atoms with Crippen molar-refractivity contribution in [1.82, 2.24) is 9.80 Å². The van der Waals surface area contributed by atoms with Gasteiger partial charge in [-0.15, -0.1) is 0 Å². The Hall–Kier alpha value is -3.11. The fraction of sp³-hybridized carbons (Fsp3) is 0.333. The first kappa shape index (κ1) is 19.6. The summed E-state index contributed by atoms with van der Waals surface area (Å²) in [5, 5.41) is 9.58. The van der Waals surface area contributed by atoms with Crippen molar-refractivity contribution in [2.24, 2.45) is 0 Å². The highest BCUT2D eigenvalue weighted by Gasteiger charge is 2.28. The molecule has 1 heterocycles. The number of carbonyl (C=O) groups excluding carboxylic acids is 1. The smallest absolute Gasteiger partial charge is 0.257 e. The van der Waals surface area contributed by atoms with E-state index in [1.54, 1.807) is 42.3 Å². The SMILES string of the molecule is COc1ccc(C(=O)N2CCN(C(C#N)c3ccc(F)cc3)CC2)c(OC)c1. The third-order valence-corrected chi connectivity index (χ3v) is 4.91. The number of nitriles is 1. The van der Waals surface area contributed by atoms with Gasteiger partial charge in [-0.3, -0.25) is 9.69 Å². The van der Waals surface area contributed by atoms with Crippen LogP contribution < -0.4 is 9.47 Å². The highest BCUT2D eigenvalue weighted by Crippen LogP contribution is 2.27. The van der Waals surface area contributed by atoms with Gasteiger partial charge in [0.05, 0.1) is 25.9 Å². The molecule has 1 amide bonds. The van der Waals surface area contributed by atoms with E-state index in [1.165, 1.54) is 19.2 Å². The summed E-state index contributed by atoms with van der Waals surface area (Å²) in [6.45, 7) is 2.10. The van der Waals surface area contributed by atoms with Gasteiger partial charge < -0.3 is 14.4 Å². The van der Waals surface area contributed by atoms with E-state index in [4.69, 9.17) is 9.47 Å². The predicted molar refractivity (Wildman–Crippen MR) is 102 cm³/mol. The van der Waals surface area contributed by atoms with Gasteiger partial charge in [0.25, 0.3) is 5.91 Å². The summed E-state index contributed by atoms with van der Waals surface area (Å²) in [6.07, 6.45) is 0. The lowest BCUT2D eigenvalue weighted by Crippen LogP contribution is -2.49. The van der Waals surface area contributed by atoms with Crippen molar-refractivity contribution < 1.29 is 18.7 Å². The van der Waals surface area contributed by atoms with Crippen LogP contribution in [-0.2, 0) is 0 Å².